The van der Waals surface area contributed by atoms with E-state index in [-0.39, 0.29) is 11.5 Å². The normalized spacial score (nSPS) is 14.5. The van der Waals surface area contributed by atoms with Crippen LogP contribution >= 0.6 is 0 Å². The van der Waals surface area contributed by atoms with Crippen LogP contribution in [0.5, 0.6) is 5.75 Å². The predicted octanol–water partition coefficient (Wildman–Crippen LogP) is 2.77. The number of anilines is 2. The van der Waals surface area contributed by atoms with Crippen LogP contribution < -0.4 is 14.5 Å². The van der Waals surface area contributed by atoms with E-state index in [0.717, 1.165) is 30.2 Å². The highest BCUT2D eigenvalue weighted by molar-refractivity contribution is 5.60. The van der Waals surface area contributed by atoms with Gasteiger partial charge >= 0.3 is 0 Å². The molecule has 0 spiro atoms. The van der Waals surface area contributed by atoms with Crippen LogP contribution in [0.4, 0.5) is 21.6 Å². The molecule has 0 N–H and O–H groups in total. The second kappa shape index (κ2) is 6.92. The number of ether oxygens (including phenoxy) is 1. The van der Waals surface area contributed by atoms with Crippen molar-refractivity contribution in [1.82, 2.24) is 4.98 Å². The summed E-state index contributed by atoms with van der Waals surface area (Å²) in [4.78, 5) is 18.9. The number of nitrogens with zero attached hydrogens (tertiary/aromatic N) is 4. The molecule has 0 bridgehead atoms. The summed E-state index contributed by atoms with van der Waals surface area (Å²) < 4.78 is 18.6. The van der Waals surface area contributed by atoms with Crippen molar-refractivity contribution in [2.45, 2.75) is 6.92 Å². The Kier molecular flexibility index (Phi) is 4.69. The van der Waals surface area contributed by atoms with Crippen LogP contribution in [0.3, 0.4) is 0 Å². The van der Waals surface area contributed by atoms with Gasteiger partial charge in [0, 0.05) is 38.3 Å². The number of pyridine rings is 1. The maximum absolute atomic E-state index is 13.4. The molecule has 3 rings (SSSR count). The van der Waals surface area contributed by atoms with Gasteiger partial charge < -0.3 is 14.5 Å². The van der Waals surface area contributed by atoms with Crippen molar-refractivity contribution < 1.29 is 14.1 Å². The molecule has 1 aromatic carbocycles. The second-order valence-corrected chi connectivity index (χ2v) is 5.88. The van der Waals surface area contributed by atoms with E-state index in [2.05, 4.69) is 14.8 Å². The number of piperazine rings is 1. The highest BCUT2D eigenvalue weighted by Gasteiger charge is 2.22. The largest absolute Gasteiger partial charge is 0.494 e. The Hall–Kier alpha value is -2.90. The molecule has 2 heterocycles. The lowest BCUT2D eigenvalue weighted by Gasteiger charge is -2.37. The fourth-order valence-electron chi connectivity index (χ4n) is 3.06. The van der Waals surface area contributed by atoms with Gasteiger partial charge in [0.05, 0.1) is 17.7 Å². The molecular formula is C17H19FN4O3. The molecule has 132 valence electrons. The molecule has 1 aliphatic heterocycles. The van der Waals surface area contributed by atoms with Gasteiger partial charge in [-0.15, -0.1) is 0 Å². The Morgan fingerprint density at radius 1 is 1.20 bits per heavy atom. The number of benzene rings is 1. The monoisotopic (exact) mass is 346 g/mol. The molecule has 0 saturated carbocycles. The summed E-state index contributed by atoms with van der Waals surface area (Å²) in [6.45, 7) is 4.70. The van der Waals surface area contributed by atoms with Crippen molar-refractivity contribution in [2.24, 2.45) is 0 Å². The van der Waals surface area contributed by atoms with Gasteiger partial charge in [-0.3, -0.25) is 10.1 Å². The second-order valence-electron chi connectivity index (χ2n) is 5.88. The van der Waals surface area contributed by atoms with Crippen LogP contribution in [-0.2, 0) is 0 Å². The molecule has 7 nitrogen and oxygen atoms in total. The first-order chi connectivity index (χ1) is 12.0. The molecule has 0 aliphatic carbocycles. The van der Waals surface area contributed by atoms with Gasteiger partial charge in [0.1, 0.15) is 23.6 Å². The van der Waals surface area contributed by atoms with Crippen LogP contribution in [0.25, 0.3) is 0 Å². The van der Waals surface area contributed by atoms with Crippen LogP contribution in [-0.4, -0.2) is 43.2 Å². The summed E-state index contributed by atoms with van der Waals surface area (Å²) >= 11 is 0. The van der Waals surface area contributed by atoms with E-state index in [1.165, 1.54) is 31.5 Å². The van der Waals surface area contributed by atoms with Gasteiger partial charge in [0.15, 0.2) is 0 Å². The highest BCUT2D eigenvalue weighted by Crippen LogP contribution is 2.30. The summed E-state index contributed by atoms with van der Waals surface area (Å²) in [7, 11) is 1.53. The van der Waals surface area contributed by atoms with Crippen LogP contribution in [0.15, 0.2) is 30.5 Å². The lowest BCUT2D eigenvalue weighted by molar-refractivity contribution is -0.385. The number of halogens is 1. The number of hydrogen-bond acceptors (Lipinski definition) is 6. The van der Waals surface area contributed by atoms with Gasteiger partial charge in [-0.25, -0.2) is 9.37 Å². The summed E-state index contributed by atoms with van der Waals surface area (Å²) in [6.07, 6.45) is 1.29. The molecule has 1 saturated heterocycles. The Balaban J connectivity index is 1.73. The summed E-state index contributed by atoms with van der Waals surface area (Å²) in [5, 5.41) is 10.8. The minimum absolute atomic E-state index is 0.00376. The number of aromatic nitrogens is 1. The van der Waals surface area contributed by atoms with Crippen molar-refractivity contribution in [2.75, 3.05) is 43.1 Å². The molecule has 0 amide bonds. The fourth-order valence-corrected chi connectivity index (χ4v) is 3.06. The van der Waals surface area contributed by atoms with E-state index >= 15 is 0 Å². The van der Waals surface area contributed by atoms with Crippen LogP contribution in [0.1, 0.15) is 5.56 Å². The van der Waals surface area contributed by atoms with Crippen LogP contribution in [0.2, 0.25) is 0 Å². The Morgan fingerprint density at radius 2 is 1.88 bits per heavy atom. The number of hydrogen-bond donors (Lipinski definition) is 0. The Bertz CT molecular complexity index is 791. The Labute approximate surface area is 144 Å². The van der Waals surface area contributed by atoms with Crippen molar-refractivity contribution in [3.8, 4) is 5.75 Å². The molecular weight excluding hydrogens is 327 g/mol. The molecule has 1 fully saturated rings. The highest BCUT2D eigenvalue weighted by atomic mass is 19.1. The number of aryl methyl sites for hydroxylation is 1. The number of rotatable bonds is 4. The van der Waals surface area contributed by atoms with Crippen molar-refractivity contribution in [3.05, 3.63) is 52.0 Å². The minimum atomic E-state index is -0.442. The topological polar surface area (TPSA) is 71.7 Å². The molecule has 25 heavy (non-hydrogen) atoms. The number of nitro groups is 1. The molecule has 0 radical (unpaired) electrons. The SMILES string of the molecule is COc1cc(F)ccc1N1CCN(c2ncc([N+](=O)[O-])cc2C)CC1. The van der Waals surface area contributed by atoms with Crippen molar-refractivity contribution >= 4 is 17.2 Å². The van der Waals surface area contributed by atoms with E-state index < -0.39 is 4.92 Å². The van der Waals surface area contributed by atoms with E-state index in [1.54, 1.807) is 6.07 Å². The predicted molar refractivity (Wildman–Crippen MR) is 93.0 cm³/mol. The third-order valence-corrected chi connectivity index (χ3v) is 4.31. The van der Waals surface area contributed by atoms with Gasteiger partial charge in [-0.05, 0) is 24.6 Å². The van der Waals surface area contributed by atoms with Crippen molar-refractivity contribution in [1.29, 1.82) is 0 Å². The maximum atomic E-state index is 13.4. The molecule has 1 aliphatic rings. The quantitative estimate of drug-likeness (QED) is 0.626. The summed E-state index contributed by atoms with van der Waals surface area (Å²) in [5.41, 5.74) is 1.63. The third-order valence-electron chi connectivity index (χ3n) is 4.31. The molecule has 2 aromatic rings. The summed E-state index contributed by atoms with van der Waals surface area (Å²) in [6, 6.07) is 6.06. The summed E-state index contributed by atoms with van der Waals surface area (Å²) in [5.74, 6) is 0.944. The first-order valence-electron chi connectivity index (χ1n) is 7.94. The first kappa shape index (κ1) is 16.9. The minimum Gasteiger partial charge on any atom is -0.494 e. The zero-order chi connectivity index (χ0) is 18.0. The van der Waals surface area contributed by atoms with Gasteiger partial charge in [-0.1, -0.05) is 0 Å². The average Bonchev–Trinajstić information content (AvgIpc) is 2.61. The lowest BCUT2D eigenvalue weighted by atomic mass is 10.2. The third kappa shape index (κ3) is 3.47. The van der Waals surface area contributed by atoms with Gasteiger partial charge in [0.25, 0.3) is 5.69 Å². The lowest BCUT2D eigenvalue weighted by Crippen LogP contribution is -2.47. The zero-order valence-corrected chi connectivity index (χ0v) is 14.1. The average molecular weight is 346 g/mol. The van der Waals surface area contributed by atoms with Gasteiger partial charge in [-0.2, -0.15) is 0 Å². The molecule has 8 heteroatoms. The Morgan fingerprint density at radius 3 is 2.48 bits per heavy atom. The molecule has 0 unspecified atom stereocenters. The van der Waals surface area contributed by atoms with E-state index in [1.807, 2.05) is 6.92 Å². The number of methoxy groups -OCH3 is 1. The smallest absolute Gasteiger partial charge is 0.287 e. The molecule has 0 atom stereocenters. The van der Waals surface area contributed by atoms with E-state index in [0.29, 0.717) is 18.8 Å². The van der Waals surface area contributed by atoms with Crippen LogP contribution in [0, 0.1) is 22.9 Å². The van der Waals surface area contributed by atoms with Gasteiger partial charge in [0.2, 0.25) is 0 Å². The maximum Gasteiger partial charge on any atom is 0.287 e. The van der Waals surface area contributed by atoms with E-state index in [4.69, 9.17) is 4.74 Å². The first-order valence-corrected chi connectivity index (χ1v) is 7.94. The van der Waals surface area contributed by atoms with Crippen molar-refractivity contribution in [3.63, 3.8) is 0 Å². The molecule has 1 aromatic heterocycles. The van der Waals surface area contributed by atoms with E-state index in [9.17, 15) is 14.5 Å². The standard InChI is InChI=1S/C17H19FN4O3/c1-12-9-14(22(23)24)11-19-17(12)21-7-5-20(6-8-21)15-4-3-13(18)10-16(15)25-2/h3-4,9-11H,5-8H2,1-2H3. The zero-order valence-electron chi connectivity index (χ0n) is 14.1. The fraction of sp³-hybridized carbons (Fsp3) is 0.353.